The Hall–Kier alpha value is -1.10. The number of rotatable bonds is 5. The Bertz CT molecular complexity index is 246. The quantitative estimate of drug-likeness (QED) is 0.701. The summed E-state index contributed by atoms with van der Waals surface area (Å²) in [7, 11) is 0. The lowest BCUT2D eigenvalue weighted by Gasteiger charge is -2.23. The predicted octanol–water partition coefficient (Wildman–Crippen LogP) is 0.536. The van der Waals surface area contributed by atoms with Gasteiger partial charge in [-0.25, -0.2) is 0 Å². The highest BCUT2D eigenvalue weighted by atomic mass is 16.5. The van der Waals surface area contributed by atoms with Crippen molar-refractivity contribution < 1.29 is 19.4 Å². The lowest BCUT2D eigenvalue weighted by molar-refractivity contribution is -0.137. The van der Waals surface area contributed by atoms with Crippen LogP contribution in [0.3, 0.4) is 0 Å². The van der Waals surface area contributed by atoms with Gasteiger partial charge >= 0.3 is 5.97 Å². The summed E-state index contributed by atoms with van der Waals surface area (Å²) in [5.74, 6) is -0.956. The molecule has 0 aromatic heterocycles. The molecule has 1 heterocycles. The number of hydrogen-bond donors (Lipinski definition) is 2. The van der Waals surface area contributed by atoms with Crippen LogP contribution in [0.25, 0.3) is 0 Å². The molecule has 86 valence electrons. The molecule has 0 radical (unpaired) electrons. The minimum absolute atomic E-state index is 0.0423. The highest BCUT2D eigenvalue weighted by molar-refractivity contribution is 5.77. The lowest BCUT2D eigenvalue weighted by atomic mass is 10.0. The largest absolute Gasteiger partial charge is 0.481 e. The van der Waals surface area contributed by atoms with Crippen molar-refractivity contribution in [3.8, 4) is 0 Å². The number of carbonyl (C=O) groups is 2. The van der Waals surface area contributed by atoms with Crippen molar-refractivity contribution in [1.82, 2.24) is 5.32 Å². The maximum Gasteiger partial charge on any atom is 0.303 e. The molecule has 1 fully saturated rings. The first kappa shape index (κ1) is 12.0. The highest BCUT2D eigenvalue weighted by Crippen LogP contribution is 2.17. The maximum atomic E-state index is 11.4. The molecular weight excluding hydrogens is 198 g/mol. The van der Waals surface area contributed by atoms with Crippen LogP contribution in [-0.2, 0) is 14.3 Å². The first-order valence-electron chi connectivity index (χ1n) is 5.12. The van der Waals surface area contributed by atoms with Crippen LogP contribution in [0.4, 0.5) is 0 Å². The minimum atomic E-state index is -0.863. The minimum Gasteiger partial charge on any atom is -0.481 e. The average molecular weight is 215 g/mol. The van der Waals surface area contributed by atoms with E-state index < -0.39 is 5.97 Å². The van der Waals surface area contributed by atoms with Gasteiger partial charge in [-0.1, -0.05) is 0 Å². The van der Waals surface area contributed by atoms with E-state index in [1.54, 1.807) is 0 Å². The molecular formula is C10H17NO4. The molecule has 2 N–H and O–H groups in total. The second-order valence-electron chi connectivity index (χ2n) is 4.16. The fourth-order valence-electron chi connectivity index (χ4n) is 1.56. The van der Waals surface area contributed by atoms with Crippen LogP contribution in [0, 0.1) is 0 Å². The third kappa shape index (κ3) is 4.29. The van der Waals surface area contributed by atoms with Gasteiger partial charge < -0.3 is 15.2 Å². The van der Waals surface area contributed by atoms with Crippen molar-refractivity contribution in [3.63, 3.8) is 0 Å². The van der Waals surface area contributed by atoms with Crippen LogP contribution in [-0.4, -0.2) is 35.7 Å². The van der Waals surface area contributed by atoms with Crippen LogP contribution in [0.15, 0.2) is 0 Å². The van der Waals surface area contributed by atoms with Crippen molar-refractivity contribution in [3.05, 3.63) is 0 Å². The highest BCUT2D eigenvalue weighted by Gasteiger charge is 2.30. The second kappa shape index (κ2) is 5.11. The van der Waals surface area contributed by atoms with Gasteiger partial charge in [0.05, 0.1) is 12.1 Å². The van der Waals surface area contributed by atoms with E-state index in [-0.39, 0.29) is 24.3 Å². The molecule has 0 bridgehead atoms. The zero-order valence-electron chi connectivity index (χ0n) is 8.91. The Labute approximate surface area is 88.8 Å². The molecule has 1 aliphatic heterocycles. The van der Waals surface area contributed by atoms with E-state index in [1.807, 2.05) is 6.92 Å². The summed E-state index contributed by atoms with van der Waals surface area (Å²) in [4.78, 5) is 21.7. The number of ether oxygens (including phenoxy) is 1. The van der Waals surface area contributed by atoms with Crippen LogP contribution in [0.2, 0.25) is 0 Å². The molecule has 1 saturated heterocycles. The van der Waals surface area contributed by atoms with Crippen LogP contribution in [0.5, 0.6) is 0 Å². The topological polar surface area (TPSA) is 75.6 Å². The van der Waals surface area contributed by atoms with Gasteiger partial charge in [-0.15, -0.1) is 0 Å². The summed E-state index contributed by atoms with van der Waals surface area (Å²) >= 11 is 0. The summed E-state index contributed by atoms with van der Waals surface area (Å²) in [6.45, 7) is 3.15. The molecule has 5 nitrogen and oxygen atoms in total. The van der Waals surface area contributed by atoms with Gasteiger partial charge in [-0.3, -0.25) is 9.59 Å². The Morgan fingerprint density at radius 2 is 2.20 bits per heavy atom. The number of aliphatic carboxylic acids is 1. The normalized spacial score (nSPS) is 25.1. The molecule has 0 aromatic rings. The van der Waals surface area contributed by atoms with E-state index in [0.717, 1.165) is 6.42 Å². The number of carboxylic acid groups (broad SMARTS) is 1. The van der Waals surface area contributed by atoms with Crippen molar-refractivity contribution in [1.29, 1.82) is 0 Å². The average Bonchev–Trinajstić information content (AvgIpc) is 2.50. The molecule has 1 unspecified atom stereocenters. The van der Waals surface area contributed by atoms with Gasteiger partial charge in [0.25, 0.3) is 0 Å². The summed E-state index contributed by atoms with van der Waals surface area (Å²) < 4.78 is 5.19. The van der Waals surface area contributed by atoms with E-state index in [9.17, 15) is 9.59 Å². The number of nitrogens with one attached hydrogen (secondary N) is 1. The fourth-order valence-corrected chi connectivity index (χ4v) is 1.56. The monoisotopic (exact) mass is 215 g/mol. The van der Waals surface area contributed by atoms with Gasteiger partial charge in [-0.2, -0.15) is 0 Å². The smallest absolute Gasteiger partial charge is 0.303 e. The first-order chi connectivity index (χ1) is 7.02. The predicted molar refractivity (Wildman–Crippen MR) is 53.5 cm³/mol. The van der Waals surface area contributed by atoms with Gasteiger partial charge in [0, 0.05) is 19.4 Å². The van der Waals surface area contributed by atoms with Crippen LogP contribution in [0.1, 0.15) is 32.6 Å². The van der Waals surface area contributed by atoms with E-state index in [2.05, 4.69) is 5.32 Å². The third-order valence-electron chi connectivity index (χ3n) is 2.45. The first-order valence-corrected chi connectivity index (χ1v) is 5.12. The standard InChI is InChI=1S/C10H17NO4/c1-10(5-6-15-7-10)11-8(12)3-2-4-9(13)14/h2-7H2,1H3,(H,11,12)(H,13,14). The Kier molecular flexibility index (Phi) is 4.08. The van der Waals surface area contributed by atoms with E-state index in [0.29, 0.717) is 19.6 Å². The molecule has 0 aromatic carbocycles. The summed E-state index contributed by atoms with van der Waals surface area (Å²) in [6, 6.07) is 0. The Morgan fingerprint density at radius 3 is 2.73 bits per heavy atom. The van der Waals surface area contributed by atoms with Gasteiger partial charge in [0.1, 0.15) is 0 Å². The van der Waals surface area contributed by atoms with Gasteiger partial charge in [-0.05, 0) is 19.8 Å². The fraction of sp³-hybridized carbons (Fsp3) is 0.800. The van der Waals surface area contributed by atoms with Crippen LogP contribution >= 0.6 is 0 Å². The summed E-state index contributed by atoms with van der Waals surface area (Å²) in [5, 5.41) is 11.3. The van der Waals surface area contributed by atoms with Crippen molar-refractivity contribution in [2.75, 3.05) is 13.2 Å². The molecule has 0 saturated carbocycles. The van der Waals surface area contributed by atoms with Gasteiger partial charge in [0.2, 0.25) is 5.91 Å². The number of hydrogen-bond acceptors (Lipinski definition) is 3. The molecule has 15 heavy (non-hydrogen) atoms. The van der Waals surface area contributed by atoms with Crippen molar-refractivity contribution in [2.45, 2.75) is 38.1 Å². The number of carbonyl (C=O) groups excluding carboxylic acids is 1. The Balaban J connectivity index is 2.20. The SMILES string of the molecule is CC1(NC(=O)CCCC(=O)O)CCOC1. The van der Waals surface area contributed by atoms with Crippen molar-refractivity contribution >= 4 is 11.9 Å². The summed E-state index contributed by atoms with van der Waals surface area (Å²) in [5.41, 5.74) is -0.264. The lowest BCUT2D eigenvalue weighted by Crippen LogP contribution is -2.46. The zero-order chi connectivity index (χ0) is 11.3. The molecule has 5 heteroatoms. The molecule has 0 spiro atoms. The van der Waals surface area contributed by atoms with E-state index >= 15 is 0 Å². The van der Waals surface area contributed by atoms with Gasteiger partial charge in [0.15, 0.2) is 0 Å². The van der Waals surface area contributed by atoms with E-state index in [4.69, 9.17) is 9.84 Å². The number of carboxylic acids is 1. The zero-order valence-corrected chi connectivity index (χ0v) is 8.91. The second-order valence-corrected chi connectivity index (χ2v) is 4.16. The molecule has 1 aliphatic rings. The number of amides is 1. The molecule has 1 atom stereocenters. The van der Waals surface area contributed by atoms with Crippen molar-refractivity contribution in [2.24, 2.45) is 0 Å². The Morgan fingerprint density at radius 1 is 1.47 bits per heavy atom. The van der Waals surface area contributed by atoms with Crippen LogP contribution < -0.4 is 5.32 Å². The molecule has 0 aliphatic carbocycles. The van der Waals surface area contributed by atoms with E-state index in [1.165, 1.54) is 0 Å². The molecule has 1 rings (SSSR count). The summed E-state index contributed by atoms with van der Waals surface area (Å²) in [6.07, 6.45) is 1.51. The third-order valence-corrected chi connectivity index (χ3v) is 2.45. The molecule has 1 amide bonds. The maximum absolute atomic E-state index is 11.4.